The van der Waals surface area contributed by atoms with Crippen molar-refractivity contribution in [2.75, 3.05) is 0 Å². The number of nitrogens with zero attached hydrogens (tertiary/aromatic N) is 1. The molecule has 0 unspecified atom stereocenters. The first-order valence-corrected chi connectivity index (χ1v) is 8.47. The number of hydrogen-bond acceptors (Lipinski definition) is 3. The molecule has 1 saturated heterocycles. The SMILES string of the molecule is CC[C@@H]1CC[C@@](C(=O)O)(C(C)(C)C)N1C(=O)OCc1ccccc1. The van der Waals surface area contributed by atoms with E-state index in [1.54, 1.807) is 0 Å². The Kier molecular flexibility index (Phi) is 5.21. The van der Waals surface area contributed by atoms with Crippen molar-refractivity contribution in [3.05, 3.63) is 35.9 Å². The van der Waals surface area contributed by atoms with Gasteiger partial charge in [0.05, 0.1) is 0 Å². The molecule has 1 aromatic rings. The van der Waals surface area contributed by atoms with E-state index in [0.717, 1.165) is 5.56 Å². The van der Waals surface area contributed by atoms with Crippen molar-refractivity contribution in [2.24, 2.45) is 5.41 Å². The van der Waals surface area contributed by atoms with Gasteiger partial charge in [-0.25, -0.2) is 9.59 Å². The average molecular weight is 333 g/mol. The van der Waals surface area contributed by atoms with Crippen molar-refractivity contribution in [3.8, 4) is 0 Å². The molecule has 1 aromatic carbocycles. The van der Waals surface area contributed by atoms with Gasteiger partial charge < -0.3 is 9.84 Å². The highest BCUT2D eigenvalue weighted by atomic mass is 16.6. The van der Waals surface area contributed by atoms with Gasteiger partial charge in [-0.3, -0.25) is 4.90 Å². The normalized spacial score (nSPS) is 24.0. The first-order chi connectivity index (χ1) is 11.2. The van der Waals surface area contributed by atoms with E-state index in [1.165, 1.54) is 4.90 Å². The molecule has 0 saturated carbocycles. The zero-order valence-corrected chi connectivity index (χ0v) is 14.9. The van der Waals surface area contributed by atoms with Crippen molar-refractivity contribution < 1.29 is 19.4 Å². The molecule has 24 heavy (non-hydrogen) atoms. The standard InChI is InChI=1S/C19H27NO4/c1-5-15-11-12-19(16(21)22,18(2,3)4)20(15)17(23)24-13-14-9-7-6-8-10-14/h6-10,15H,5,11-13H2,1-4H3,(H,21,22)/t15-,19-/m1/s1. The highest BCUT2D eigenvalue weighted by Crippen LogP contribution is 2.47. The van der Waals surface area contributed by atoms with Crippen LogP contribution in [-0.2, 0) is 16.1 Å². The molecule has 5 heteroatoms. The number of benzene rings is 1. The summed E-state index contributed by atoms with van der Waals surface area (Å²) in [5, 5.41) is 9.97. The Balaban J connectivity index is 2.27. The van der Waals surface area contributed by atoms with Crippen molar-refractivity contribution >= 4 is 12.1 Å². The third-order valence-corrected chi connectivity index (χ3v) is 5.08. The highest BCUT2D eigenvalue weighted by Gasteiger charge is 2.60. The number of aliphatic carboxylic acids is 1. The molecule has 1 amide bonds. The number of carbonyl (C=O) groups excluding carboxylic acids is 1. The van der Waals surface area contributed by atoms with E-state index < -0.39 is 23.0 Å². The van der Waals surface area contributed by atoms with Gasteiger partial charge in [-0.05, 0) is 30.2 Å². The van der Waals surface area contributed by atoms with Gasteiger partial charge in [-0.2, -0.15) is 0 Å². The van der Waals surface area contributed by atoms with Crippen LogP contribution in [0.3, 0.4) is 0 Å². The number of hydrogen-bond donors (Lipinski definition) is 1. The second-order valence-corrected chi connectivity index (χ2v) is 7.43. The monoisotopic (exact) mass is 333 g/mol. The van der Waals surface area contributed by atoms with E-state index in [4.69, 9.17) is 4.74 Å². The molecule has 5 nitrogen and oxygen atoms in total. The molecule has 1 N–H and O–H groups in total. The smallest absolute Gasteiger partial charge is 0.411 e. The van der Waals surface area contributed by atoms with Gasteiger partial charge >= 0.3 is 12.1 Å². The van der Waals surface area contributed by atoms with Crippen LogP contribution in [0.1, 0.15) is 52.5 Å². The van der Waals surface area contributed by atoms with E-state index in [2.05, 4.69) is 0 Å². The van der Waals surface area contributed by atoms with Gasteiger partial charge in [0.1, 0.15) is 12.1 Å². The molecule has 2 atom stereocenters. The van der Waals surface area contributed by atoms with Gasteiger partial charge in [-0.15, -0.1) is 0 Å². The number of rotatable bonds is 4. The lowest BCUT2D eigenvalue weighted by Gasteiger charge is -2.45. The van der Waals surface area contributed by atoms with Gasteiger partial charge in [0.2, 0.25) is 0 Å². The summed E-state index contributed by atoms with van der Waals surface area (Å²) in [6, 6.07) is 9.30. The molecule has 1 heterocycles. The van der Waals surface area contributed by atoms with E-state index >= 15 is 0 Å². The van der Waals surface area contributed by atoms with Crippen LogP contribution in [-0.4, -0.2) is 33.6 Å². The minimum Gasteiger partial charge on any atom is -0.479 e. The molecule has 1 aliphatic rings. The Hall–Kier alpha value is -2.04. The van der Waals surface area contributed by atoms with Crippen LogP contribution < -0.4 is 0 Å². The lowest BCUT2D eigenvalue weighted by Crippen LogP contribution is -2.62. The van der Waals surface area contributed by atoms with Crippen molar-refractivity contribution in [2.45, 2.75) is 65.1 Å². The second-order valence-electron chi connectivity index (χ2n) is 7.43. The van der Waals surface area contributed by atoms with E-state index in [9.17, 15) is 14.7 Å². The van der Waals surface area contributed by atoms with Crippen LogP contribution in [0.4, 0.5) is 4.79 Å². The van der Waals surface area contributed by atoms with Gasteiger partial charge in [0, 0.05) is 6.04 Å². The van der Waals surface area contributed by atoms with E-state index in [0.29, 0.717) is 19.3 Å². The molecular formula is C19H27NO4. The minimum atomic E-state index is -1.23. The average Bonchev–Trinajstić information content (AvgIpc) is 2.94. The first-order valence-electron chi connectivity index (χ1n) is 8.47. The lowest BCUT2D eigenvalue weighted by molar-refractivity contribution is -0.157. The van der Waals surface area contributed by atoms with Gasteiger partial charge in [0.15, 0.2) is 0 Å². The Labute approximate surface area is 143 Å². The second kappa shape index (κ2) is 6.83. The summed E-state index contributed by atoms with van der Waals surface area (Å²) in [6.07, 6.45) is 1.30. The quantitative estimate of drug-likeness (QED) is 0.902. The number of carboxylic acids is 1. The van der Waals surface area contributed by atoms with Crippen LogP contribution in [0.15, 0.2) is 30.3 Å². The summed E-state index contributed by atoms with van der Waals surface area (Å²) < 4.78 is 5.47. The van der Waals surface area contributed by atoms with Crippen molar-refractivity contribution in [1.29, 1.82) is 0 Å². The molecule has 0 aliphatic carbocycles. The number of likely N-dealkylation sites (tertiary alicyclic amines) is 1. The van der Waals surface area contributed by atoms with Crippen molar-refractivity contribution in [1.82, 2.24) is 4.90 Å². The summed E-state index contributed by atoms with van der Waals surface area (Å²) in [6.45, 7) is 7.74. The summed E-state index contributed by atoms with van der Waals surface area (Å²) >= 11 is 0. The molecule has 2 rings (SSSR count). The van der Waals surface area contributed by atoms with Crippen LogP contribution in [0.5, 0.6) is 0 Å². The molecule has 0 spiro atoms. The number of carboxylic acid groups (broad SMARTS) is 1. The van der Waals surface area contributed by atoms with Crippen LogP contribution in [0, 0.1) is 5.41 Å². The summed E-state index contributed by atoms with van der Waals surface area (Å²) in [5.41, 5.74) is -0.939. The Bertz CT molecular complexity index is 593. The third kappa shape index (κ3) is 3.12. The zero-order chi connectivity index (χ0) is 18.0. The first kappa shape index (κ1) is 18.3. The Morgan fingerprint density at radius 2 is 1.92 bits per heavy atom. The van der Waals surface area contributed by atoms with E-state index in [1.807, 2.05) is 58.0 Å². The third-order valence-electron chi connectivity index (χ3n) is 5.08. The Morgan fingerprint density at radius 1 is 1.29 bits per heavy atom. The Morgan fingerprint density at radius 3 is 2.42 bits per heavy atom. The largest absolute Gasteiger partial charge is 0.479 e. The molecule has 1 fully saturated rings. The number of amides is 1. The number of carbonyl (C=O) groups is 2. The fourth-order valence-electron chi connectivity index (χ4n) is 3.68. The fraction of sp³-hybridized carbons (Fsp3) is 0.579. The molecule has 0 bridgehead atoms. The van der Waals surface area contributed by atoms with Gasteiger partial charge in [-0.1, -0.05) is 58.0 Å². The molecular weight excluding hydrogens is 306 g/mol. The maximum absolute atomic E-state index is 12.8. The minimum absolute atomic E-state index is 0.108. The van der Waals surface area contributed by atoms with Gasteiger partial charge in [0.25, 0.3) is 0 Å². The number of ether oxygens (including phenoxy) is 1. The maximum atomic E-state index is 12.8. The van der Waals surface area contributed by atoms with E-state index in [-0.39, 0.29) is 12.6 Å². The summed E-state index contributed by atoms with van der Waals surface area (Å²) in [4.78, 5) is 26.5. The highest BCUT2D eigenvalue weighted by molar-refractivity contribution is 5.86. The lowest BCUT2D eigenvalue weighted by atomic mass is 9.72. The maximum Gasteiger partial charge on any atom is 0.411 e. The van der Waals surface area contributed by atoms with Crippen LogP contribution in [0.25, 0.3) is 0 Å². The topological polar surface area (TPSA) is 66.8 Å². The van der Waals surface area contributed by atoms with Crippen molar-refractivity contribution in [3.63, 3.8) is 0 Å². The van der Waals surface area contributed by atoms with Crippen LogP contribution in [0.2, 0.25) is 0 Å². The summed E-state index contributed by atoms with van der Waals surface area (Å²) in [5.74, 6) is -0.956. The zero-order valence-electron chi connectivity index (χ0n) is 14.9. The molecule has 0 radical (unpaired) electrons. The van der Waals surface area contributed by atoms with Crippen LogP contribution >= 0.6 is 0 Å². The predicted molar refractivity (Wildman–Crippen MR) is 91.6 cm³/mol. The molecule has 1 aliphatic heterocycles. The molecule has 132 valence electrons. The fourth-order valence-corrected chi connectivity index (χ4v) is 3.68. The molecule has 0 aromatic heterocycles. The predicted octanol–water partition coefficient (Wildman–Crippen LogP) is 4.07. The summed E-state index contributed by atoms with van der Waals surface area (Å²) in [7, 11) is 0.